The highest BCUT2D eigenvalue weighted by molar-refractivity contribution is 5.99. The Morgan fingerprint density at radius 3 is 2.64 bits per heavy atom. The minimum Gasteiger partial charge on any atom is -0.493 e. The molecule has 0 aliphatic heterocycles. The Balaban J connectivity index is 2.17. The Hall–Kier alpha value is -2.56. The van der Waals surface area contributed by atoms with Crippen LogP contribution < -0.4 is 10.5 Å². The number of aromatic nitrogens is 1. The zero-order chi connectivity index (χ0) is 18.4. The summed E-state index contributed by atoms with van der Waals surface area (Å²) < 4.78 is 7.69. The molecule has 0 unspecified atom stereocenters. The van der Waals surface area contributed by atoms with Crippen molar-refractivity contribution in [1.82, 2.24) is 4.57 Å². The van der Waals surface area contributed by atoms with E-state index in [4.69, 9.17) is 10.5 Å². The van der Waals surface area contributed by atoms with Crippen LogP contribution in [0.2, 0.25) is 0 Å². The van der Waals surface area contributed by atoms with E-state index >= 15 is 0 Å². The highest BCUT2D eigenvalue weighted by Gasteiger charge is 2.34. The van der Waals surface area contributed by atoms with Crippen LogP contribution in [-0.4, -0.2) is 22.9 Å². The van der Waals surface area contributed by atoms with Gasteiger partial charge in [0.15, 0.2) is 5.78 Å². The van der Waals surface area contributed by atoms with Crippen LogP contribution in [0.3, 0.4) is 0 Å². The van der Waals surface area contributed by atoms with Gasteiger partial charge in [0.25, 0.3) is 5.91 Å². The van der Waals surface area contributed by atoms with Crippen molar-refractivity contribution in [1.29, 1.82) is 0 Å². The number of hydrogen-bond donors (Lipinski definition) is 1. The van der Waals surface area contributed by atoms with Crippen LogP contribution in [0.15, 0.2) is 24.3 Å². The molecule has 5 heteroatoms. The van der Waals surface area contributed by atoms with E-state index in [-0.39, 0.29) is 11.2 Å². The lowest BCUT2D eigenvalue weighted by Gasteiger charge is -2.30. The molecule has 5 nitrogen and oxygen atoms in total. The van der Waals surface area contributed by atoms with E-state index < -0.39 is 5.91 Å². The second-order valence-corrected chi connectivity index (χ2v) is 7.40. The molecular formula is C20H24N2O3. The largest absolute Gasteiger partial charge is 0.493 e. The first-order chi connectivity index (χ1) is 11.7. The number of rotatable bonds is 4. The smallest absolute Gasteiger partial charge is 0.252 e. The molecule has 3 rings (SSSR count). The Labute approximate surface area is 147 Å². The van der Waals surface area contributed by atoms with Gasteiger partial charge in [-0.25, -0.2) is 0 Å². The van der Waals surface area contributed by atoms with E-state index in [0.29, 0.717) is 24.3 Å². The number of nitrogens with two attached hydrogens (primary N) is 1. The van der Waals surface area contributed by atoms with Crippen LogP contribution in [0, 0.1) is 12.3 Å². The maximum absolute atomic E-state index is 12.5. The summed E-state index contributed by atoms with van der Waals surface area (Å²) in [7, 11) is 0. The fourth-order valence-corrected chi connectivity index (χ4v) is 3.64. The molecular weight excluding hydrogens is 316 g/mol. The summed E-state index contributed by atoms with van der Waals surface area (Å²) in [6.07, 6.45) is 1.39. The number of aryl methyl sites for hydroxylation is 1. The summed E-state index contributed by atoms with van der Waals surface area (Å²) in [5, 5.41) is 0. The number of fused-ring (bicyclic) bond motifs is 1. The van der Waals surface area contributed by atoms with Gasteiger partial charge in [0.1, 0.15) is 5.75 Å². The molecule has 1 aliphatic carbocycles. The lowest BCUT2D eigenvalue weighted by atomic mass is 9.76. The highest BCUT2D eigenvalue weighted by atomic mass is 16.5. The van der Waals surface area contributed by atoms with Gasteiger partial charge in [0, 0.05) is 35.1 Å². The average Bonchev–Trinajstić information content (AvgIpc) is 2.82. The third kappa shape index (κ3) is 3.06. The number of hydrogen-bond acceptors (Lipinski definition) is 3. The standard InChI is InChI=1S/C20H24N2O3/c1-5-25-18-9-13(6-7-14(18)19(21)24)22-12(2)8-15-16(22)10-20(3,4)11-17(15)23/h6-9H,5,10-11H2,1-4H3,(H2,21,24). The number of Topliss-reactive ketones (excluding diaryl/α,β-unsaturated/α-hetero) is 1. The molecule has 0 spiro atoms. The van der Waals surface area contributed by atoms with Crippen molar-refractivity contribution < 1.29 is 14.3 Å². The van der Waals surface area contributed by atoms with Crippen molar-refractivity contribution in [2.45, 2.75) is 40.5 Å². The lowest BCUT2D eigenvalue weighted by Crippen LogP contribution is -2.27. The monoisotopic (exact) mass is 340 g/mol. The first-order valence-electron chi connectivity index (χ1n) is 8.55. The number of carbonyl (C=O) groups is 2. The van der Waals surface area contributed by atoms with Crippen LogP contribution in [0.25, 0.3) is 5.69 Å². The second kappa shape index (κ2) is 6.06. The van der Waals surface area contributed by atoms with E-state index in [1.807, 2.05) is 32.0 Å². The van der Waals surface area contributed by atoms with Crippen molar-refractivity contribution in [3.8, 4) is 11.4 Å². The van der Waals surface area contributed by atoms with Gasteiger partial charge in [-0.1, -0.05) is 13.8 Å². The zero-order valence-electron chi connectivity index (χ0n) is 15.2. The topological polar surface area (TPSA) is 74.3 Å². The molecule has 0 atom stereocenters. The van der Waals surface area contributed by atoms with Gasteiger partial charge in [0.2, 0.25) is 0 Å². The number of nitrogens with zero attached hydrogens (tertiary/aromatic N) is 1. The lowest BCUT2D eigenvalue weighted by molar-refractivity contribution is 0.0910. The van der Waals surface area contributed by atoms with Crippen molar-refractivity contribution in [2.24, 2.45) is 11.1 Å². The summed E-state index contributed by atoms with van der Waals surface area (Å²) in [5.74, 6) is 0.139. The fraction of sp³-hybridized carbons (Fsp3) is 0.400. The Bertz CT molecular complexity index is 862. The van der Waals surface area contributed by atoms with Gasteiger partial charge in [-0.05, 0) is 43.9 Å². The Kier molecular flexibility index (Phi) is 4.19. The van der Waals surface area contributed by atoms with Crippen LogP contribution in [0.4, 0.5) is 0 Å². The quantitative estimate of drug-likeness (QED) is 0.926. The minimum atomic E-state index is -0.516. The van der Waals surface area contributed by atoms with E-state index in [1.165, 1.54) is 0 Å². The zero-order valence-corrected chi connectivity index (χ0v) is 15.2. The molecule has 0 saturated carbocycles. The van der Waals surface area contributed by atoms with Gasteiger partial charge < -0.3 is 15.0 Å². The fourth-order valence-electron chi connectivity index (χ4n) is 3.64. The summed E-state index contributed by atoms with van der Waals surface area (Å²) >= 11 is 0. The Morgan fingerprint density at radius 2 is 2.00 bits per heavy atom. The first kappa shape index (κ1) is 17.3. The average molecular weight is 340 g/mol. The van der Waals surface area contributed by atoms with E-state index in [2.05, 4.69) is 18.4 Å². The molecule has 1 heterocycles. The summed E-state index contributed by atoms with van der Waals surface area (Å²) in [5.41, 5.74) is 9.42. The molecule has 1 aromatic heterocycles. The predicted molar refractivity (Wildman–Crippen MR) is 96.6 cm³/mol. The Morgan fingerprint density at radius 1 is 1.28 bits per heavy atom. The molecule has 0 radical (unpaired) electrons. The van der Waals surface area contributed by atoms with Crippen molar-refractivity contribution in [3.05, 3.63) is 46.8 Å². The number of carbonyl (C=O) groups excluding carboxylic acids is 2. The highest BCUT2D eigenvalue weighted by Crippen LogP contribution is 2.38. The maximum atomic E-state index is 12.5. The third-order valence-electron chi connectivity index (χ3n) is 4.66. The van der Waals surface area contributed by atoms with Gasteiger partial charge >= 0.3 is 0 Å². The number of ether oxygens (including phenoxy) is 1. The normalized spacial score (nSPS) is 15.8. The van der Waals surface area contributed by atoms with Crippen molar-refractivity contribution in [3.63, 3.8) is 0 Å². The SMILES string of the molecule is CCOc1cc(-n2c(C)cc3c2CC(C)(C)CC3=O)ccc1C(N)=O. The number of amides is 1. The molecule has 2 aromatic rings. The molecule has 25 heavy (non-hydrogen) atoms. The maximum Gasteiger partial charge on any atom is 0.252 e. The van der Waals surface area contributed by atoms with E-state index in [1.54, 1.807) is 6.07 Å². The van der Waals surface area contributed by atoms with Crippen molar-refractivity contribution >= 4 is 11.7 Å². The summed E-state index contributed by atoms with van der Waals surface area (Å²) in [6.45, 7) is 8.52. The number of ketones is 1. The van der Waals surface area contributed by atoms with Gasteiger partial charge in [0.05, 0.1) is 12.2 Å². The molecule has 2 N–H and O–H groups in total. The van der Waals surface area contributed by atoms with E-state index in [0.717, 1.165) is 29.1 Å². The second-order valence-electron chi connectivity index (χ2n) is 7.40. The minimum absolute atomic E-state index is 0.0669. The van der Waals surface area contributed by atoms with Crippen LogP contribution in [0.5, 0.6) is 5.75 Å². The molecule has 132 valence electrons. The summed E-state index contributed by atoms with van der Waals surface area (Å²) in [6, 6.07) is 7.31. The van der Waals surface area contributed by atoms with Crippen LogP contribution >= 0.6 is 0 Å². The molecule has 1 aromatic carbocycles. The van der Waals surface area contributed by atoms with Crippen molar-refractivity contribution in [2.75, 3.05) is 6.61 Å². The number of primary amides is 1. The first-order valence-corrected chi connectivity index (χ1v) is 8.55. The number of benzene rings is 1. The molecule has 0 fully saturated rings. The van der Waals surface area contributed by atoms with Crippen LogP contribution in [-0.2, 0) is 6.42 Å². The third-order valence-corrected chi connectivity index (χ3v) is 4.66. The molecule has 1 amide bonds. The molecule has 0 bridgehead atoms. The van der Waals surface area contributed by atoms with Gasteiger partial charge in [-0.3, -0.25) is 9.59 Å². The van der Waals surface area contributed by atoms with Crippen LogP contribution in [0.1, 0.15) is 59.3 Å². The van der Waals surface area contributed by atoms with Gasteiger partial charge in [-0.15, -0.1) is 0 Å². The molecule has 0 saturated heterocycles. The predicted octanol–water partition coefficient (Wildman–Crippen LogP) is 3.44. The van der Waals surface area contributed by atoms with Gasteiger partial charge in [-0.2, -0.15) is 0 Å². The molecule has 1 aliphatic rings. The van der Waals surface area contributed by atoms with E-state index in [9.17, 15) is 9.59 Å². The summed E-state index contributed by atoms with van der Waals surface area (Å²) in [4.78, 5) is 24.1.